The van der Waals surface area contributed by atoms with Crippen molar-refractivity contribution >= 4 is 29.9 Å². The topological polar surface area (TPSA) is 75.4 Å². The second-order valence-electron chi connectivity index (χ2n) is 6.12. The van der Waals surface area contributed by atoms with Crippen LogP contribution in [0.3, 0.4) is 0 Å². The summed E-state index contributed by atoms with van der Waals surface area (Å²) in [6.45, 7) is 4.45. The van der Waals surface area contributed by atoms with Gasteiger partial charge in [-0.15, -0.1) is 12.4 Å². The molecular weight excluding hydrogens is 345 g/mol. The molecule has 1 aromatic carbocycles. The summed E-state index contributed by atoms with van der Waals surface area (Å²) in [4.78, 5) is 26.0. The van der Waals surface area contributed by atoms with Gasteiger partial charge in [0.05, 0.1) is 0 Å². The Hall–Kier alpha value is -1.66. The Kier molecular flexibility index (Phi) is 11.8. The molecule has 25 heavy (non-hydrogen) atoms. The maximum atomic E-state index is 12.9. The molecule has 0 heterocycles. The summed E-state index contributed by atoms with van der Waals surface area (Å²) in [6, 6.07) is 5.49. The fourth-order valence-corrected chi connectivity index (χ4v) is 2.36. The van der Waals surface area contributed by atoms with Crippen LogP contribution in [0, 0.1) is 5.82 Å². The summed E-state index contributed by atoms with van der Waals surface area (Å²) in [6.07, 6.45) is 4.21. The summed E-state index contributed by atoms with van der Waals surface area (Å²) in [5, 5.41) is 2.68. The van der Waals surface area contributed by atoms with Gasteiger partial charge >= 0.3 is 0 Å². The fourth-order valence-electron chi connectivity index (χ4n) is 2.36. The fraction of sp³-hybridized carbons (Fsp3) is 0.556. The van der Waals surface area contributed by atoms with Crippen molar-refractivity contribution in [1.29, 1.82) is 0 Å². The lowest BCUT2D eigenvalue weighted by Crippen LogP contribution is -2.42. The third kappa shape index (κ3) is 9.41. The van der Waals surface area contributed by atoms with E-state index >= 15 is 0 Å². The Labute approximate surface area is 155 Å². The number of halogens is 2. The van der Waals surface area contributed by atoms with Crippen molar-refractivity contribution in [3.63, 3.8) is 0 Å². The molecule has 0 spiro atoms. The molecule has 0 saturated carbocycles. The summed E-state index contributed by atoms with van der Waals surface area (Å²) in [5.41, 5.74) is 5.96. The van der Waals surface area contributed by atoms with E-state index in [0.717, 1.165) is 25.7 Å². The quantitative estimate of drug-likeness (QED) is 0.617. The van der Waals surface area contributed by atoms with Crippen molar-refractivity contribution in [3.05, 3.63) is 30.1 Å². The molecule has 142 valence electrons. The third-order valence-corrected chi connectivity index (χ3v) is 3.73. The van der Waals surface area contributed by atoms with E-state index in [1.807, 2.05) is 13.8 Å². The normalized spacial score (nSPS) is 10.3. The number of benzene rings is 1. The van der Waals surface area contributed by atoms with Crippen molar-refractivity contribution in [1.82, 2.24) is 4.90 Å². The number of carbonyl (C=O) groups is 2. The van der Waals surface area contributed by atoms with E-state index < -0.39 is 0 Å². The van der Waals surface area contributed by atoms with Crippen LogP contribution in [-0.4, -0.2) is 35.8 Å². The number of amides is 2. The molecule has 0 aromatic heterocycles. The van der Waals surface area contributed by atoms with E-state index in [-0.39, 0.29) is 42.6 Å². The first-order valence-corrected chi connectivity index (χ1v) is 8.49. The van der Waals surface area contributed by atoms with Crippen LogP contribution in [0.25, 0.3) is 0 Å². The van der Waals surface area contributed by atoms with Crippen LogP contribution in [0.15, 0.2) is 24.3 Å². The first-order chi connectivity index (χ1) is 11.4. The molecule has 0 aliphatic heterocycles. The van der Waals surface area contributed by atoms with Gasteiger partial charge in [0.15, 0.2) is 0 Å². The number of nitrogens with zero attached hydrogens (tertiary/aromatic N) is 1. The molecule has 3 N–H and O–H groups in total. The smallest absolute Gasteiger partial charge is 0.244 e. The molecule has 1 rings (SSSR count). The maximum Gasteiger partial charge on any atom is 0.244 e. The molecule has 0 unspecified atom stereocenters. The first-order valence-electron chi connectivity index (χ1n) is 8.49. The minimum Gasteiger partial charge on any atom is -0.331 e. The van der Waals surface area contributed by atoms with Crippen molar-refractivity contribution in [3.8, 4) is 0 Å². The molecule has 2 amide bonds. The molecular formula is C18H29ClFN3O2. The number of rotatable bonds is 10. The minimum atomic E-state index is -0.360. The van der Waals surface area contributed by atoms with Crippen LogP contribution in [0.4, 0.5) is 10.1 Å². The molecule has 0 aliphatic carbocycles. The first kappa shape index (κ1) is 23.3. The summed E-state index contributed by atoms with van der Waals surface area (Å²) >= 11 is 0. The van der Waals surface area contributed by atoms with Gasteiger partial charge in [0.2, 0.25) is 11.8 Å². The second-order valence-corrected chi connectivity index (χ2v) is 6.12. The van der Waals surface area contributed by atoms with Crippen molar-refractivity contribution in [2.75, 3.05) is 18.4 Å². The number of unbranched alkanes of at least 4 members (excludes halogenated alkanes) is 3. The zero-order valence-electron chi connectivity index (χ0n) is 15.0. The molecule has 5 nitrogen and oxygen atoms in total. The Morgan fingerprint density at radius 3 is 2.28 bits per heavy atom. The molecule has 0 aliphatic rings. The van der Waals surface area contributed by atoms with Gasteiger partial charge in [-0.05, 0) is 57.5 Å². The highest BCUT2D eigenvalue weighted by Gasteiger charge is 2.19. The number of carbonyl (C=O) groups excluding carboxylic acids is 2. The van der Waals surface area contributed by atoms with Gasteiger partial charge in [0.25, 0.3) is 0 Å². The standard InChI is InChI=1S/C18H28FN3O2.ClH/c1-14(2)22(18(24)7-5-3-4-6-12-20)13-17(23)21-16-10-8-15(19)9-11-16;/h8-11,14H,3-7,12-13,20H2,1-2H3,(H,21,23);1H. The van der Waals surface area contributed by atoms with Crippen LogP contribution < -0.4 is 11.1 Å². The van der Waals surface area contributed by atoms with Crippen LogP contribution in [0.5, 0.6) is 0 Å². The number of anilines is 1. The largest absolute Gasteiger partial charge is 0.331 e. The zero-order valence-corrected chi connectivity index (χ0v) is 15.8. The molecule has 0 fully saturated rings. The van der Waals surface area contributed by atoms with Crippen LogP contribution >= 0.6 is 12.4 Å². The van der Waals surface area contributed by atoms with E-state index in [1.165, 1.54) is 24.3 Å². The van der Waals surface area contributed by atoms with Gasteiger partial charge in [0.1, 0.15) is 12.4 Å². The van der Waals surface area contributed by atoms with Crippen molar-refractivity contribution < 1.29 is 14.0 Å². The van der Waals surface area contributed by atoms with E-state index in [2.05, 4.69) is 5.32 Å². The minimum absolute atomic E-state index is 0. The highest BCUT2D eigenvalue weighted by atomic mass is 35.5. The highest BCUT2D eigenvalue weighted by Crippen LogP contribution is 2.11. The van der Waals surface area contributed by atoms with Crippen LogP contribution in [0.2, 0.25) is 0 Å². The number of hydrogen-bond acceptors (Lipinski definition) is 3. The average molecular weight is 374 g/mol. The monoisotopic (exact) mass is 373 g/mol. The van der Waals surface area contributed by atoms with Crippen molar-refractivity contribution in [2.45, 2.75) is 52.0 Å². The number of nitrogens with one attached hydrogen (secondary N) is 1. The number of nitrogens with two attached hydrogens (primary N) is 1. The molecule has 0 saturated heterocycles. The van der Waals surface area contributed by atoms with Crippen molar-refractivity contribution in [2.24, 2.45) is 5.73 Å². The van der Waals surface area contributed by atoms with Gasteiger partial charge in [0, 0.05) is 18.2 Å². The lowest BCUT2D eigenvalue weighted by atomic mass is 10.1. The summed E-state index contributed by atoms with van der Waals surface area (Å²) in [5.74, 6) is -0.666. The molecule has 0 atom stereocenters. The van der Waals surface area contributed by atoms with E-state index in [0.29, 0.717) is 18.7 Å². The average Bonchev–Trinajstić information content (AvgIpc) is 2.54. The lowest BCUT2D eigenvalue weighted by molar-refractivity contribution is -0.136. The van der Waals surface area contributed by atoms with E-state index in [9.17, 15) is 14.0 Å². The summed E-state index contributed by atoms with van der Waals surface area (Å²) in [7, 11) is 0. The Morgan fingerprint density at radius 1 is 1.12 bits per heavy atom. The van der Waals surface area contributed by atoms with Crippen LogP contribution in [0.1, 0.15) is 46.0 Å². The molecule has 0 radical (unpaired) electrons. The predicted octanol–water partition coefficient (Wildman–Crippen LogP) is 3.33. The van der Waals surface area contributed by atoms with E-state index in [1.54, 1.807) is 4.90 Å². The van der Waals surface area contributed by atoms with Crippen LogP contribution in [-0.2, 0) is 9.59 Å². The maximum absolute atomic E-state index is 12.9. The second kappa shape index (κ2) is 12.7. The number of hydrogen-bond donors (Lipinski definition) is 2. The Balaban J connectivity index is 0.00000576. The Bertz CT molecular complexity index is 524. The molecule has 0 bridgehead atoms. The SMILES string of the molecule is CC(C)N(CC(=O)Nc1ccc(F)cc1)C(=O)CCCCCCN.Cl. The Morgan fingerprint density at radius 2 is 1.72 bits per heavy atom. The molecule has 1 aromatic rings. The summed E-state index contributed by atoms with van der Waals surface area (Å²) < 4.78 is 12.9. The molecule has 7 heteroatoms. The highest BCUT2D eigenvalue weighted by molar-refractivity contribution is 5.94. The van der Waals surface area contributed by atoms with Gasteiger partial charge in [-0.2, -0.15) is 0 Å². The van der Waals surface area contributed by atoms with E-state index in [4.69, 9.17) is 5.73 Å². The zero-order chi connectivity index (χ0) is 17.9. The van der Waals surface area contributed by atoms with Gasteiger partial charge in [-0.25, -0.2) is 4.39 Å². The predicted molar refractivity (Wildman–Crippen MR) is 101 cm³/mol. The van der Waals surface area contributed by atoms with Gasteiger partial charge in [-0.3, -0.25) is 9.59 Å². The van der Waals surface area contributed by atoms with Gasteiger partial charge in [-0.1, -0.05) is 12.8 Å². The lowest BCUT2D eigenvalue weighted by Gasteiger charge is -2.26. The third-order valence-electron chi connectivity index (χ3n) is 3.73. The van der Waals surface area contributed by atoms with Gasteiger partial charge < -0.3 is 16.0 Å².